The van der Waals surface area contributed by atoms with Crippen LogP contribution in [-0.4, -0.2) is 46.3 Å². The van der Waals surface area contributed by atoms with Crippen molar-refractivity contribution in [2.75, 3.05) is 24.6 Å². The molecule has 188 valence electrons. The van der Waals surface area contributed by atoms with Crippen molar-refractivity contribution in [2.24, 2.45) is 5.92 Å². The number of thioether (sulfide) groups is 1. The quantitative estimate of drug-likeness (QED) is 0.390. The average Bonchev–Trinajstić information content (AvgIpc) is 3.25. The molecule has 0 saturated carbocycles. The average molecular weight is 483 g/mol. The number of Topliss-reactive ketones (excluding diaryl/α,β-unsaturated/α-hetero) is 1. The van der Waals surface area contributed by atoms with Crippen LogP contribution in [0.5, 0.6) is 0 Å². The number of nitrogens with one attached hydrogen (secondary N) is 1. The minimum absolute atomic E-state index is 0.295. The van der Waals surface area contributed by atoms with Gasteiger partial charge < -0.3 is 4.98 Å². The zero-order valence-corrected chi connectivity index (χ0v) is 22.9. The van der Waals surface area contributed by atoms with Crippen LogP contribution in [0.2, 0.25) is 0 Å². The van der Waals surface area contributed by atoms with Crippen LogP contribution in [0.25, 0.3) is 10.9 Å². The summed E-state index contributed by atoms with van der Waals surface area (Å²) in [5.74, 6) is 3.39. The second-order valence-corrected chi connectivity index (χ2v) is 10.6. The molecular formula is C30H46N2OS. The number of carbonyl (C=O) groups excluding carboxylic acids is 1. The lowest BCUT2D eigenvalue weighted by molar-refractivity contribution is -0.114. The SMILES string of the molecule is C=C/C=C\C.CCCC.CCCN1CC(CSCC(C)=O)CC2c3cccc4[nH]cc(c34)CC21. The minimum Gasteiger partial charge on any atom is -0.361 e. The highest BCUT2D eigenvalue weighted by Crippen LogP contribution is 2.45. The van der Waals surface area contributed by atoms with Crippen LogP contribution in [-0.2, 0) is 11.2 Å². The van der Waals surface area contributed by atoms with Crippen molar-refractivity contribution >= 4 is 28.4 Å². The molecule has 0 spiro atoms. The summed E-state index contributed by atoms with van der Waals surface area (Å²) in [7, 11) is 0. The van der Waals surface area contributed by atoms with Crippen molar-refractivity contribution in [3.63, 3.8) is 0 Å². The summed E-state index contributed by atoms with van der Waals surface area (Å²) in [4.78, 5) is 17.5. The fourth-order valence-corrected chi connectivity index (χ4v) is 6.05. The molecule has 1 aromatic heterocycles. The maximum absolute atomic E-state index is 11.3. The van der Waals surface area contributed by atoms with Crippen molar-refractivity contribution in [1.82, 2.24) is 9.88 Å². The first kappa shape index (κ1) is 28.5. The molecule has 1 fully saturated rings. The highest BCUT2D eigenvalue weighted by molar-refractivity contribution is 7.99. The number of benzene rings is 1. The molecular weight excluding hydrogens is 436 g/mol. The highest BCUT2D eigenvalue weighted by Gasteiger charge is 2.40. The highest BCUT2D eigenvalue weighted by atomic mass is 32.2. The molecule has 2 heterocycles. The topological polar surface area (TPSA) is 36.1 Å². The van der Waals surface area contributed by atoms with Crippen molar-refractivity contribution in [2.45, 2.75) is 78.7 Å². The summed E-state index contributed by atoms with van der Waals surface area (Å²) in [6, 6.07) is 7.41. The van der Waals surface area contributed by atoms with Crippen LogP contribution in [0.4, 0.5) is 0 Å². The van der Waals surface area contributed by atoms with E-state index in [-0.39, 0.29) is 0 Å². The lowest BCUT2D eigenvalue weighted by Crippen LogP contribution is -2.50. The second-order valence-electron chi connectivity index (χ2n) is 9.54. The van der Waals surface area contributed by atoms with E-state index in [1.165, 1.54) is 61.7 Å². The summed E-state index contributed by atoms with van der Waals surface area (Å²) in [6.45, 7) is 16.1. The first-order valence-electron chi connectivity index (χ1n) is 13.1. The number of rotatable bonds is 8. The molecule has 0 radical (unpaired) electrons. The molecule has 1 N–H and O–H groups in total. The number of hydrogen-bond donors (Lipinski definition) is 1. The number of aromatic nitrogens is 1. The number of H-pyrrole nitrogens is 1. The standard InChI is InChI=1S/C21H28N2OS.C5H8.C4H10/c1-3-7-23-11-15(13-25-12-14(2)24)8-18-17-5-4-6-19-21(17)16(10-22-19)9-20(18)23;1-3-5-4-2;1-3-4-2/h4-6,10,15,18,20,22H,3,7-9,11-13H2,1-2H3;3-5H,1H2,2H3;3-4H2,1-2H3/b;5-4-;. The Morgan fingerprint density at radius 1 is 1.24 bits per heavy atom. The van der Waals surface area contributed by atoms with Crippen molar-refractivity contribution < 1.29 is 4.79 Å². The van der Waals surface area contributed by atoms with Crippen LogP contribution in [0.15, 0.2) is 49.2 Å². The lowest BCUT2D eigenvalue weighted by atomic mass is 9.72. The Morgan fingerprint density at radius 2 is 2.00 bits per heavy atom. The zero-order chi connectivity index (χ0) is 24.9. The van der Waals surface area contributed by atoms with Gasteiger partial charge in [-0.3, -0.25) is 9.69 Å². The zero-order valence-electron chi connectivity index (χ0n) is 22.1. The van der Waals surface area contributed by atoms with Crippen LogP contribution in [0, 0.1) is 5.92 Å². The smallest absolute Gasteiger partial charge is 0.139 e. The van der Waals surface area contributed by atoms with E-state index in [1.54, 1.807) is 18.6 Å². The maximum Gasteiger partial charge on any atom is 0.139 e. The van der Waals surface area contributed by atoms with E-state index >= 15 is 0 Å². The first-order chi connectivity index (χ1) is 16.5. The molecule has 1 aliphatic heterocycles. The van der Waals surface area contributed by atoms with E-state index in [2.05, 4.69) is 61.6 Å². The van der Waals surface area contributed by atoms with E-state index in [0.717, 1.165) is 5.75 Å². The number of nitrogens with zero attached hydrogens (tertiary/aromatic N) is 1. The molecule has 0 amide bonds. The van der Waals surface area contributed by atoms with E-state index in [1.807, 2.05) is 30.8 Å². The van der Waals surface area contributed by atoms with Gasteiger partial charge in [-0.1, -0.05) is 70.6 Å². The molecule has 1 aromatic carbocycles. The Labute approximate surface area is 212 Å². The number of likely N-dealkylation sites (tertiary alicyclic amines) is 1. The Morgan fingerprint density at radius 3 is 2.59 bits per heavy atom. The van der Waals surface area contributed by atoms with Crippen LogP contribution >= 0.6 is 11.8 Å². The first-order valence-corrected chi connectivity index (χ1v) is 14.3. The van der Waals surface area contributed by atoms with Gasteiger partial charge in [0.1, 0.15) is 5.78 Å². The number of piperidine rings is 1. The van der Waals surface area contributed by atoms with Crippen LogP contribution in [0.3, 0.4) is 0 Å². The van der Waals surface area contributed by atoms with E-state index in [4.69, 9.17) is 0 Å². The number of ketones is 1. The number of carbonyl (C=O) groups is 1. The summed E-state index contributed by atoms with van der Waals surface area (Å²) in [5, 5.41) is 1.48. The molecule has 3 unspecified atom stereocenters. The lowest BCUT2D eigenvalue weighted by Gasteiger charge is -2.47. The molecule has 2 aromatic rings. The number of aromatic amines is 1. The van der Waals surface area contributed by atoms with Gasteiger partial charge in [-0.15, -0.1) is 0 Å². The molecule has 2 aliphatic rings. The third-order valence-corrected chi connectivity index (χ3v) is 7.98. The maximum atomic E-state index is 11.3. The van der Waals surface area contributed by atoms with Crippen molar-refractivity contribution in [1.29, 1.82) is 0 Å². The third-order valence-electron chi connectivity index (χ3n) is 6.66. The van der Waals surface area contributed by atoms with Gasteiger partial charge in [-0.05, 0) is 68.5 Å². The van der Waals surface area contributed by atoms with Crippen molar-refractivity contribution in [3.05, 3.63) is 60.3 Å². The normalized spacial score (nSPS) is 21.3. The summed E-state index contributed by atoms with van der Waals surface area (Å²) in [5.41, 5.74) is 4.34. The van der Waals surface area contributed by atoms with Gasteiger partial charge in [0.15, 0.2) is 0 Å². The molecule has 1 aliphatic carbocycles. The molecule has 0 bridgehead atoms. The Kier molecular flexibility index (Phi) is 12.8. The second kappa shape index (κ2) is 15.3. The number of hydrogen-bond acceptors (Lipinski definition) is 3. The Balaban J connectivity index is 0.000000391. The predicted molar refractivity (Wildman–Crippen MR) is 152 cm³/mol. The monoisotopic (exact) mass is 482 g/mol. The number of unbranched alkanes of at least 4 members (excludes halogenated alkanes) is 1. The third kappa shape index (κ3) is 7.88. The minimum atomic E-state index is 0.295. The number of allylic oxidation sites excluding steroid dienone is 3. The van der Waals surface area contributed by atoms with Gasteiger partial charge >= 0.3 is 0 Å². The summed E-state index contributed by atoms with van der Waals surface area (Å²) >= 11 is 1.82. The molecule has 4 rings (SSSR count). The summed E-state index contributed by atoms with van der Waals surface area (Å²) in [6.07, 6.45) is 14.1. The van der Waals surface area contributed by atoms with Gasteiger partial charge in [0, 0.05) is 35.6 Å². The molecule has 34 heavy (non-hydrogen) atoms. The molecule has 4 heteroatoms. The molecule has 1 saturated heterocycles. The molecule has 3 atom stereocenters. The van der Waals surface area contributed by atoms with E-state index in [9.17, 15) is 4.79 Å². The Bertz CT molecular complexity index is 914. The summed E-state index contributed by atoms with van der Waals surface area (Å²) < 4.78 is 0. The van der Waals surface area contributed by atoms with E-state index in [0.29, 0.717) is 29.4 Å². The van der Waals surface area contributed by atoms with Gasteiger partial charge in [-0.25, -0.2) is 0 Å². The largest absolute Gasteiger partial charge is 0.361 e. The predicted octanol–water partition coefficient (Wildman–Crippen LogP) is 7.79. The van der Waals surface area contributed by atoms with Gasteiger partial charge in [-0.2, -0.15) is 11.8 Å². The van der Waals surface area contributed by atoms with Crippen molar-refractivity contribution in [3.8, 4) is 0 Å². The molecule has 3 nitrogen and oxygen atoms in total. The van der Waals surface area contributed by atoms with E-state index < -0.39 is 0 Å². The van der Waals surface area contributed by atoms with Gasteiger partial charge in [0.25, 0.3) is 0 Å². The van der Waals surface area contributed by atoms with Crippen LogP contribution in [0.1, 0.15) is 77.3 Å². The fraction of sp³-hybridized carbons (Fsp3) is 0.567. The Hall–Kier alpha value is -1.78. The number of fused-ring (bicyclic) bond motifs is 2. The van der Waals surface area contributed by atoms with Gasteiger partial charge in [0.2, 0.25) is 0 Å². The fourth-order valence-electron chi connectivity index (χ4n) is 5.07. The van der Waals surface area contributed by atoms with Gasteiger partial charge in [0.05, 0.1) is 5.75 Å². The van der Waals surface area contributed by atoms with Crippen LogP contribution < -0.4 is 0 Å².